The van der Waals surface area contributed by atoms with Crippen LogP contribution in [0, 0.1) is 5.92 Å². The van der Waals surface area contributed by atoms with E-state index in [9.17, 15) is 4.79 Å². The van der Waals surface area contributed by atoms with E-state index >= 15 is 0 Å². The maximum Gasteiger partial charge on any atom is 0.410 e. The molecule has 2 rings (SSSR count). The van der Waals surface area contributed by atoms with Crippen LogP contribution in [0.2, 0.25) is 0 Å². The van der Waals surface area contributed by atoms with Crippen molar-refractivity contribution in [2.24, 2.45) is 11.7 Å². The van der Waals surface area contributed by atoms with Gasteiger partial charge in [-0.25, -0.2) is 4.79 Å². The highest BCUT2D eigenvalue weighted by Gasteiger charge is 2.51. The molecule has 1 atom stereocenters. The summed E-state index contributed by atoms with van der Waals surface area (Å²) in [5.74, 6) is 0.441. The molecule has 2 heterocycles. The zero-order valence-electron chi connectivity index (χ0n) is 10.9. The van der Waals surface area contributed by atoms with Gasteiger partial charge >= 0.3 is 6.09 Å². The van der Waals surface area contributed by atoms with Crippen LogP contribution in [-0.4, -0.2) is 48.4 Å². The van der Waals surface area contributed by atoms with Crippen molar-refractivity contribution in [3.8, 4) is 0 Å². The van der Waals surface area contributed by atoms with Crippen LogP contribution in [0.15, 0.2) is 0 Å². The molecule has 2 aliphatic rings. The minimum absolute atomic E-state index is 0.138. The van der Waals surface area contributed by atoms with E-state index in [0.29, 0.717) is 25.6 Å². The minimum Gasteiger partial charge on any atom is -0.444 e. The molecule has 5 heteroatoms. The smallest absolute Gasteiger partial charge is 0.410 e. The number of hydrogen-bond acceptors (Lipinski definition) is 4. The van der Waals surface area contributed by atoms with Crippen molar-refractivity contribution < 1.29 is 14.3 Å². The van der Waals surface area contributed by atoms with Crippen molar-refractivity contribution in [3.05, 3.63) is 0 Å². The molecule has 1 amide bonds. The molecule has 2 aliphatic heterocycles. The number of rotatable bonds is 1. The lowest BCUT2D eigenvalue weighted by molar-refractivity contribution is -0.109. The number of carbonyl (C=O) groups excluding carboxylic acids is 1. The van der Waals surface area contributed by atoms with Crippen LogP contribution < -0.4 is 5.73 Å². The molecule has 1 spiro atoms. The van der Waals surface area contributed by atoms with Crippen LogP contribution in [0.1, 0.15) is 27.2 Å². The Balaban J connectivity index is 1.81. The topological polar surface area (TPSA) is 64.8 Å². The van der Waals surface area contributed by atoms with Crippen LogP contribution >= 0.6 is 0 Å². The maximum absolute atomic E-state index is 11.8. The fourth-order valence-electron chi connectivity index (χ4n) is 2.42. The van der Waals surface area contributed by atoms with E-state index in [2.05, 4.69) is 0 Å². The minimum atomic E-state index is -0.434. The zero-order chi connectivity index (χ0) is 12.7. The van der Waals surface area contributed by atoms with E-state index in [4.69, 9.17) is 15.2 Å². The van der Waals surface area contributed by atoms with Gasteiger partial charge in [0.15, 0.2) is 0 Å². The summed E-state index contributed by atoms with van der Waals surface area (Å²) in [7, 11) is 0. The second-order valence-electron chi connectivity index (χ2n) is 6.14. The summed E-state index contributed by atoms with van der Waals surface area (Å²) < 4.78 is 11.1. The van der Waals surface area contributed by atoms with Gasteiger partial charge in [-0.15, -0.1) is 0 Å². The molecule has 2 N–H and O–H groups in total. The Morgan fingerprint density at radius 2 is 2.18 bits per heavy atom. The van der Waals surface area contributed by atoms with Crippen molar-refractivity contribution in [2.75, 3.05) is 26.2 Å². The van der Waals surface area contributed by atoms with Gasteiger partial charge in [0.05, 0.1) is 19.7 Å². The number of hydrogen-bond donors (Lipinski definition) is 1. The summed E-state index contributed by atoms with van der Waals surface area (Å²) in [6, 6.07) is 0. The molecule has 0 aromatic heterocycles. The molecule has 5 nitrogen and oxygen atoms in total. The second-order valence-corrected chi connectivity index (χ2v) is 6.14. The van der Waals surface area contributed by atoms with Crippen molar-refractivity contribution in [1.82, 2.24) is 4.90 Å². The van der Waals surface area contributed by atoms with Gasteiger partial charge in [0.1, 0.15) is 11.2 Å². The third-order valence-corrected chi connectivity index (χ3v) is 3.23. The summed E-state index contributed by atoms with van der Waals surface area (Å²) in [5.41, 5.74) is 5.05. The number of nitrogens with zero attached hydrogens (tertiary/aromatic N) is 1. The molecule has 0 radical (unpaired) electrons. The molecule has 1 unspecified atom stereocenters. The molecule has 17 heavy (non-hydrogen) atoms. The molecule has 2 fully saturated rings. The number of likely N-dealkylation sites (tertiary alicyclic amines) is 1. The molecular formula is C12H22N2O3. The SMILES string of the molecule is CC(C)(C)OC(=O)N1CC2(CC(CN)CO2)C1. The molecule has 0 saturated carbocycles. The fourth-order valence-corrected chi connectivity index (χ4v) is 2.42. The largest absolute Gasteiger partial charge is 0.444 e. The summed E-state index contributed by atoms with van der Waals surface area (Å²) in [4.78, 5) is 13.5. The van der Waals surface area contributed by atoms with Crippen LogP contribution in [0.5, 0.6) is 0 Å². The van der Waals surface area contributed by atoms with E-state index in [1.165, 1.54) is 0 Å². The van der Waals surface area contributed by atoms with E-state index in [-0.39, 0.29) is 11.7 Å². The van der Waals surface area contributed by atoms with Crippen LogP contribution in [0.25, 0.3) is 0 Å². The van der Waals surface area contributed by atoms with Gasteiger partial charge in [0.2, 0.25) is 0 Å². The molecule has 98 valence electrons. The second kappa shape index (κ2) is 4.14. The van der Waals surface area contributed by atoms with Gasteiger partial charge in [-0.1, -0.05) is 0 Å². The lowest BCUT2D eigenvalue weighted by atomic mass is 9.87. The maximum atomic E-state index is 11.8. The lowest BCUT2D eigenvalue weighted by Crippen LogP contribution is -2.63. The number of amides is 1. The predicted molar refractivity (Wildman–Crippen MR) is 63.7 cm³/mol. The Morgan fingerprint density at radius 3 is 2.65 bits per heavy atom. The van der Waals surface area contributed by atoms with E-state index in [1.54, 1.807) is 4.90 Å². The first-order valence-corrected chi connectivity index (χ1v) is 6.15. The Morgan fingerprint density at radius 1 is 1.53 bits per heavy atom. The standard InChI is InChI=1S/C12H22N2O3/c1-11(2,3)17-10(15)14-7-12(8-14)4-9(5-13)6-16-12/h9H,4-8,13H2,1-3H3. The van der Waals surface area contributed by atoms with Gasteiger partial charge in [0.25, 0.3) is 0 Å². The van der Waals surface area contributed by atoms with E-state index in [1.807, 2.05) is 20.8 Å². The average Bonchev–Trinajstić information content (AvgIpc) is 2.56. The molecule has 2 saturated heterocycles. The Hall–Kier alpha value is -0.810. The first-order valence-electron chi connectivity index (χ1n) is 6.15. The highest BCUT2D eigenvalue weighted by Crippen LogP contribution is 2.37. The molecule has 0 aliphatic carbocycles. The molecule has 0 aromatic carbocycles. The third-order valence-electron chi connectivity index (χ3n) is 3.23. The van der Waals surface area contributed by atoms with Crippen molar-refractivity contribution in [1.29, 1.82) is 0 Å². The van der Waals surface area contributed by atoms with Crippen molar-refractivity contribution >= 4 is 6.09 Å². The van der Waals surface area contributed by atoms with Gasteiger partial charge in [0, 0.05) is 0 Å². The quantitative estimate of drug-likeness (QED) is 0.744. The Bertz CT molecular complexity index is 305. The van der Waals surface area contributed by atoms with Gasteiger partial charge in [-0.05, 0) is 39.7 Å². The molecule has 0 bridgehead atoms. The zero-order valence-corrected chi connectivity index (χ0v) is 10.9. The number of carbonyl (C=O) groups is 1. The lowest BCUT2D eigenvalue weighted by Gasteiger charge is -2.47. The average molecular weight is 242 g/mol. The van der Waals surface area contributed by atoms with E-state index < -0.39 is 5.60 Å². The summed E-state index contributed by atoms with van der Waals surface area (Å²) in [6.45, 7) is 8.27. The number of nitrogens with two attached hydrogens (primary N) is 1. The monoisotopic (exact) mass is 242 g/mol. The first kappa shape index (κ1) is 12.6. The highest BCUT2D eigenvalue weighted by atomic mass is 16.6. The van der Waals surface area contributed by atoms with Crippen molar-refractivity contribution in [2.45, 2.75) is 38.4 Å². The van der Waals surface area contributed by atoms with Crippen LogP contribution in [0.3, 0.4) is 0 Å². The highest BCUT2D eigenvalue weighted by molar-refractivity contribution is 5.69. The van der Waals surface area contributed by atoms with Gasteiger partial charge in [-0.3, -0.25) is 0 Å². The fraction of sp³-hybridized carbons (Fsp3) is 0.917. The number of ether oxygens (including phenoxy) is 2. The van der Waals surface area contributed by atoms with Crippen LogP contribution in [-0.2, 0) is 9.47 Å². The predicted octanol–water partition coefficient (Wildman–Crippen LogP) is 0.971. The summed E-state index contributed by atoms with van der Waals surface area (Å²) in [6.07, 6.45) is 0.714. The van der Waals surface area contributed by atoms with Crippen molar-refractivity contribution in [3.63, 3.8) is 0 Å². The van der Waals surface area contributed by atoms with Gasteiger partial charge in [-0.2, -0.15) is 0 Å². The summed E-state index contributed by atoms with van der Waals surface area (Å²) in [5, 5.41) is 0. The molecular weight excluding hydrogens is 220 g/mol. The summed E-state index contributed by atoms with van der Waals surface area (Å²) >= 11 is 0. The molecule has 0 aromatic rings. The van der Waals surface area contributed by atoms with Gasteiger partial charge < -0.3 is 20.1 Å². The Kier molecular flexibility index (Phi) is 3.08. The normalized spacial score (nSPS) is 27.1. The Labute approximate surface area is 102 Å². The van der Waals surface area contributed by atoms with Crippen LogP contribution in [0.4, 0.5) is 4.79 Å². The van der Waals surface area contributed by atoms with E-state index in [0.717, 1.165) is 13.0 Å². The first-order chi connectivity index (χ1) is 7.84. The third kappa shape index (κ3) is 2.72.